The molecule has 96 valence electrons. The third kappa shape index (κ3) is 5.00. The topological polar surface area (TPSA) is 62.1 Å². The Balaban J connectivity index is 2.58. The van der Waals surface area contributed by atoms with Crippen molar-refractivity contribution in [2.24, 2.45) is 0 Å². The van der Waals surface area contributed by atoms with Crippen LogP contribution in [0.5, 0.6) is 0 Å². The molecule has 0 aromatic carbocycles. The van der Waals surface area contributed by atoms with Gasteiger partial charge in [0, 0.05) is 35.0 Å². The minimum atomic E-state index is -0.349. The van der Waals surface area contributed by atoms with Crippen LogP contribution in [0.15, 0.2) is 21.5 Å². The first-order chi connectivity index (χ1) is 8.67. The zero-order valence-electron chi connectivity index (χ0n) is 9.90. The van der Waals surface area contributed by atoms with E-state index in [1.165, 1.54) is 11.3 Å². The van der Waals surface area contributed by atoms with E-state index in [-0.39, 0.29) is 11.5 Å². The minimum Gasteiger partial charge on any atom is -0.385 e. The number of hydrogen-bond donors (Lipinski definition) is 1. The summed E-state index contributed by atoms with van der Waals surface area (Å²) in [4.78, 5) is 12.6. The predicted molar refractivity (Wildman–Crippen MR) is 75.1 cm³/mol. The van der Waals surface area contributed by atoms with E-state index in [9.17, 15) is 4.79 Å². The summed E-state index contributed by atoms with van der Waals surface area (Å²) in [6.45, 7) is 1.09. The monoisotopic (exact) mass is 328 g/mol. The Morgan fingerprint density at radius 2 is 2.50 bits per heavy atom. The van der Waals surface area contributed by atoms with Gasteiger partial charge in [-0.25, -0.2) is 0 Å². The molecule has 0 bridgehead atoms. The zero-order chi connectivity index (χ0) is 13.4. The summed E-state index contributed by atoms with van der Waals surface area (Å²) < 4.78 is 5.82. The Bertz CT molecular complexity index is 477. The van der Waals surface area contributed by atoms with Crippen LogP contribution in [-0.2, 0) is 9.53 Å². The van der Waals surface area contributed by atoms with Crippen LogP contribution >= 0.6 is 27.3 Å². The number of nitrogens with zero attached hydrogens (tertiary/aromatic N) is 1. The number of ether oxygens (including phenoxy) is 1. The molecule has 0 spiro atoms. The van der Waals surface area contributed by atoms with Crippen molar-refractivity contribution < 1.29 is 9.53 Å². The molecule has 0 saturated carbocycles. The van der Waals surface area contributed by atoms with E-state index in [0.717, 1.165) is 15.8 Å². The van der Waals surface area contributed by atoms with Gasteiger partial charge in [0.15, 0.2) is 0 Å². The van der Waals surface area contributed by atoms with Crippen molar-refractivity contribution in [3.05, 3.63) is 26.4 Å². The van der Waals surface area contributed by atoms with E-state index in [1.54, 1.807) is 13.2 Å². The summed E-state index contributed by atoms with van der Waals surface area (Å²) in [5.41, 5.74) is 0.113. The van der Waals surface area contributed by atoms with Crippen LogP contribution in [0.25, 0.3) is 6.08 Å². The number of carbonyl (C=O) groups excluding carboxylic acids is 1. The average Bonchev–Trinajstić information content (AvgIpc) is 2.77. The number of halogens is 1. The lowest BCUT2D eigenvalue weighted by Gasteiger charge is -2.03. The lowest BCUT2D eigenvalue weighted by molar-refractivity contribution is -0.117. The molecule has 18 heavy (non-hydrogen) atoms. The molecule has 0 radical (unpaired) electrons. The van der Waals surface area contributed by atoms with Gasteiger partial charge in [0.1, 0.15) is 11.6 Å². The Hall–Kier alpha value is -1.16. The van der Waals surface area contributed by atoms with Crippen LogP contribution in [0.2, 0.25) is 0 Å². The van der Waals surface area contributed by atoms with Gasteiger partial charge in [0.2, 0.25) is 0 Å². The molecular weight excluding hydrogens is 316 g/mol. The quantitative estimate of drug-likeness (QED) is 0.496. The van der Waals surface area contributed by atoms with Crippen molar-refractivity contribution >= 4 is 39.2 Å². The van der Waals surface area contributed by atoms with E-state index in [0.29, 0.717) is 13.2 Å². The molecule has 0 unspecified atom stereocenters. The van der Waals surface area contributed by atoms with Crippen molar-refractivity contribution in [1.29, 1.82) is 5.26 Å². The molecule has 0 aliphatic heterocycles. The van der Waals surface area contributed by atoms with E-state index in [2.05, 4.69) is 21.2 Å². The third-order valence-electron chi connectivity index (χ3n) is 2.05. The highest BCUT2D eigenvalue weighted by Gasteiger charge is 2.08. The summed E-state index contributed by atoms with van der Waals surface area (Å²) in [6, 6.07) is 3.77. The van der Waals surface area contributed by atoms with Crippen LogP contribution in [0.3, 0.4) is 0 Å². The first kappa shape index (κ1) is 14.9. The van der Waals surface area contributed by atoms with Gasteiger partial charge in [0.05, 0.1) is 0 Å². The maximum absolute atomic E-state index is 11.7. The van der Waals surface area contributed by atoms with Crippen molar-refractivity contribution in [3.8, 4) is 6.07 Å². The Morgan fingerprint density at radius 1 is 1.72 bits per heavy atom. The van der Waals surface area contributed by atoms with Gasteiger partial charge in [-0.15, -0.1) is 11.3 Å². The summed E-state index contributed by atoms with van der Waals surface area (Å²) in [7, 11) is 1.61. The van der Waals surface area contributed by atoms with E-state index < -0.39 is 0 Å². The molecule has 4 nitrogen and oxygen atoms in total. The molecule has 0 aliphatic rings. The second-order valence-corrected chi connectivity index (χ2v) is 5.30. The van der Waals surface area contributed by atoms with Crippen molar-refractivity contribution in [1.82, 2.24) is 5.32 Å². The first-order valence-electron chi connectivity index (χ1n) is 5.30. The number of nitrogens with one attached hydrogen (secondary N) is 1. The second kappa shape index (κ2) is 8.03. The van der Waals surface area contributed by atoms with Gasteiger partial charge in [-0.2, -0.15) is 5.26 Å². The summed E-state index contributed by atoms with van der Waals surface area (Å²) in [6.07, 6.45) is 2.31. The number of amides is 1. The van der Waals surface area contributed by atoms with E-state index in [1.807, 2.05) is 17.5 Å². The highest BCUT2D eigenvalue weighted by atomic mass is 79.9. The highest BCUT2D eigenvalue weighted by Crippen LogP contribution is 2.21. The van der Waals surface area contributed by atoms with Crippen molar-refractivity contribution in [2.75, 3.05) is 20.3 Å². The average molecular weight is 329 g/mol. The standard InChI is InChI=1S/C12H13BrN2O2S/c1-17-4-2-3-15-12(16)9(7-14)5-11-6-10(13)8-18-11/h5-6,8H,2-4H2,1H3,(H,15,16)/b9-5+. The smallest absolute Gasteiger partial charge is 0.261 e. The van der Waals surface area contributed by atoms with Gasteiger partial charge in [-0.05, 0) is 34.5 Å². The predicted octanol–water partition coefficient (Wildman–Crippen LogP) is 2.57. The van der Waals surface area contributed by atoms with Gasteiger partial charge in [-0.3, -0.25) is 4.79 Å². The molecule has 1 heterocycles. The van der Waals surface area contributed by atoms with E-state index >= 15 is 0 Å². The summed E-state index contributed by atoms with van der Waals surface area (Å²) in [5, 5.41) is 13.5. The number of rotatable bonds is 6. The van der Waals surface area contributed by atoms with Gasteiger partial charge >= 0.3 is 0 Å². The van der Waals surface area contributed by atoms with Crippen LogP contribution < -0.4 is 5.32 Å². The van der Waals surface area contributed by atoms with Crippen molar-refractivity contribution in [2.45, 2.75) is 6.42 Å². The Morgan fingerprint density at radius 3 is 3.06 bits per heavy atom. The molecule has 6 heteroatoms. The molecule has 0 saturated heterocycles. The maximum Gasteiger partial charge on any atom is 0.261 e. The molecule has 1 N–H and O–H groups in total. The molecule has 0 atom stereocenters. The fourth-order valence-corrected chi connectivity index (χ4v) is 2.58. The number of thiophene rings is 1. The Labute approximate surface area is 118 Å². The summed E-state index contributed by atoms with van der Waals surface area (Å²) >= 11 is 4.79. The SMILES string of the molecule is COCCCNC(=O)/C(C#N)=C/c1cc(Br)cs1. The zero-order valence-corrected chi connectivity index (χ0v) is 12.3. The number of nitriles is 1. The largest absolute Gasteiger partial charge is 0.385 e. The molecule has 1 aromatic rings. The van der Waals surface area contributed by atoms with Gasteiger partial charge in [0.25, 0.3) is 5.91 Å². The fraction of sp³-hybridized carbons (Fsp3) is 0.333. The van der Waals surface area contributed by atoms with Crippen LogP contribution in [0.4, 0.5) is 0 Å². The lowest BCUT2D eigenvalue weighted by Crippen LogP contribution is -2.26. The second-order valence-electron chi connectivity index (χ2n) is 3.44. The fourth-order valence-electron chi connectivity index (χ4n) is 1.21. The molecular formula is C12H13BrN2O2S. The molecule has 1 rings (SSSR count). The minimum absolute atomic E-state index is 0.113. The summed E-state index contributed by atoms with van der Waals surface area (Å²) in [5.74, 6) is -0.349. The molecule has 1 amide bonds. The lowest BCUT2D eigenvalue weighted by atomic mass is 10.2. The molecule has 1 aromatic heterocycles. The van der Waals surface area contributed by atoms with E-state index in [4.69, 9.17) is 10.00 Å². The highest BCUT2D eigenvalue weighted by molar-refractivity contribution is 9.10. The number of carbonyl (C=O) groups is 1. The molecule has 0 fully saturated rings. The number of methoxy groups -OCH3 is 1. The third-order valence-corrected chi connectivity index (χ3v) is 3.69. The van der Waals surface area contributed by atoms with Crippen LogP contribution in [0.1, 0.15) is 11.3 Å². The van der Waals surface area contributed by atoms with Crippen LogP contribution in [0, 0.1) is 11.3 Å². The first-order valence-corrected chi connectivity index (χ1v) is 6.97. The van der Waals surface area contributed by atoms with Crippen LogP contribution in [-0.4, -0.2) is 26.2 Å². The maximum atomic E-state index is 11.7. The van der Waals surface area contributed by atoms with Crippen molar-refractivity contribution in [3.63, 3.8) is 0 Å². The normalized spacial score (nSPS) is 11.1. The van der Waals surface area contributed by atoms with Gasteiger partial charge in [-0.1, -0.05) is 0 Å². The Kier molecular flexibility index (Phi) is 6.65. The number of hydrogen-bond acceptors (Lipinski definition) is 4. The molecule has 0 aliphatic carbocycles. The van der Waals surface area contributed by atoms with Gasteiger partial charge < -0.3 is 10.1 Å².